The Morgan fingerprint density at radius 2 is 1.91 bits per heavy atom. The molecule has 0 fully saturated rings. The number of benzene rings is 1. The maximum Gasteiger partial charge on any atom is 0.234 e. The molecule has 0 radical (unpaired) electrons. The predicted octanol–water partition coefficient (Wildman–Crippen LogP) is 2.25. The zero-order valence-corrected chi connectivity index (χ0v) is 13.0. The highest BCUT2D eigenvalue weighted by molar-refractivity contribution is 5.67. The summed E-state index contributed by atoms with van der Waals surface area (Å²) in [7, 11) is 3.14. The Kier molecular flexibility index (Phi) is 3.58. The Hall–Kier alpha value is -3.14. The molecule has 3 N–H and O–H groups in total. The van der Waals surface area contributed by atoms with E-state index < -0.39 is 5.92 Å². The van der Waals surface area contributed by atoms with E-state index in [9.17, 15) is 5.26 Å². The third-order valence-electron chi connectivity index (χ3n) is 3.90. The van der Waals surface area contributed by atoms with Crippen LogP contribution in [0.1, 0.15) is 22.7 Å². The fraction of sp³-hybridized carbons (Fsp3) is 0.250. The summed E-state index contributed by atoms with van der Waals surface area (Å²) >= 11 is 0. The van der Waals surface area contributed by atoms with Gasteiger partial charge in [0.15, 0.2) is 0 Å². The lowest BCUT2D eigenvalue weighted by molar-refractivity contribution is 0.384. The summed E-state index contributed by atoms with van der Waals surface area (Å²) in [6.45, 7) is 1.81. The molecule has 0 saturated carbocycles. The molecule has 0 saturated heterocycles. The largest absolute Gasteiger partial charge is 0.496 e. The first-order valence-electron chi connectivity index (χ1n) is 6.96. The second-order valence-electron chi connectivity index (χ2n) is 5.08. The second kappa shape index (κ2) is 5.57. The highest BCUT2D eigenvalue weighted by Crippen LogP contribution is 2.48. The lowest BCUT2D eigenvalue weighted by Crippen LogP contribution is -2.23. The van der Waals surface area contributed by atoms with Crippen molar-refractivity contribution >= 4 is 5.88 Å². The molecule has 1 aliphatic heterocycles. The Balaban J connectivity index is 2.34. The van der Waals surface area contributed by atoms with Crippen molar-refractivity contribution in [2.45, 2.75) is 12.8 Å². The van der Waals surface area contributed by atoms with Crippen LogP contribution in [-0.2, 0) is 0 Å². The monoisotopic (exact) mass is 312 g/mol. The molecule has 2 aromatic rings. The van der Waals surface area contributed by atoms with Crippen molar-refractivity contribution in [2.24, 2.45) is 5.73 Å². The molecule has 1 aromatic heterocycles. The minimum absolute atomic E-state index is 0.231. The summed E-state index contributed by atoms with van der Waals surface area (Å²) in [5.41, 5.74) is 8.50. The summed E-state index contributed by atoms with van der Waals surface area (Å²) in [5.74, 6) is 1.38. The minimum Gasteiger partial charge on any atom is -0.496 e. The summed E-state index contributed by atoms with van der Waals surface area (Å²) < 4.78 is 16.2. The van der Waals surface area contributed by atoms with Crippen LogP contribution in [0, 0.1) is 18.3 Å². The fourth-order valence-electron chi connectivity index (χ4n) is 2.87. The molecule has 3 rings (SSSR count). The number of allylic oxidation sites excluding steroid dienone is 1. The summed E-state index contributed by atoms with van der Waals surface area (Å²) in [4.78, 5) is 0. The smallest absolute Gasteiger partial charge is 0.234 e. The number of nitrogens with two attached hydrogens (primary N) is 1. The standard InChI is InChI=1S/C16H16N4O3/c1-8-12-13(9(7-17)15(18)19-16(12)23-20-8)14-10(21-2)5-4-6-11(14)22-3/h4-6,13,19H,18H2,1-3H3/t13-/m1/s1. The molecule has 0 spiro atoms. The van der Waals surface area contributed by atoms with Crippen LogP contribution in [0.3, 0.4) is 0 Å². The van der Waals surface area contributed by atoms with E-state index in [1.54, 1.807) is 14.2 Å². The zero-order chi connectivity index (χ0) is 16.6. The molecule has 0 unspecified atom stereocenters. The number of fused-ring (bicyclic) bond motifs is 1. The quantitative estimate of drug-likeness (QED) is 0.895. The van der Waals surface area contributed by atoms with Crippen LogP contribution < -0.4 is 20.5 Å². The van der Waals surface area contributed by atoms with Gasteiger partial charge in [-0.25, -0.2) is 0 Å². The van der Waals surface area contributed by atoms with Gasteiger partial charge in [-0.2, -0.15) is 5.26 Å². The van der Waals surface area contributed by atoms with Gasteiger partial charge in [-0.3, -0.25) is 0 Å². The van der Waals surface area contributed by atoms with Crippen LogP contribution in [0.4, 0.5) is 5.88 Å². The van der Waals surface area contributed by atoms with E-state index in [2.05, 4.69) is 16.5 Å². The number of hydrogen-bond acceptors (Lipinski definition) is 7. The average Bonchev–Trinajstić information content (AvgIpc) is 2.93. The SMILES string of the molecule is COc1cccc(OC)c1[C@@H]1C(C#N)=C(N)Nc2onc(C)c21. The first-order chi connectivity index (χ1) is 11.1. The lowest BCUT2D eigenvalue weighted by atomic mass is 9.82. The van der Waals surface area contributed by atoms with Crippen LogP contribution >= 0.6 is 0 Å². The van der Waals surface area contributed by atoms with Gasteiger partial charge < -0.3 is 25.0 Å². The van der Waals surface area contributed by atoms with Crippen molar-refractivity contribution in [3.05, 3.63) is 46.4 Å². The number of nitriles is 1. The first-order valence-corrected chi connectivity index (χ1v) is 6.96. The molecule has 2 heterocycles. The predicted molar refractivity (Wildman–Crippen MR) is 83.1 cm³/mol. The molecule has 0 amide bonds. The van der Waals surface area contributed by atoms with Gasteiger partial charge in [0.2, 0.25) is 5.88 Å². The summed E-state index contributed by atoms with van der Waals surface area (Å²) in [6, 6.07) is 7.62. The van der Waals surface area contributed by atoms with Crippen molar-refractivity contribution < 1.29 is 14.0 Å². The Morgan fingerprint density at radius 1 is 1.26 bits per heavy atom. The van der Waals surface area contributed by atoms with Crippen molar-refractivity contribution in [3.8, 4) is 17.6 Å². The highest BCUT2D eigenvalue weighted by Gasteiger charge is 2.37. The van der Waals surface area contributed by atoms with Gasteiger partial charge in [0.1, 0.15) is 17.3 Å². The highest BCUT2D eigenvalue weighted by atomic mass is 16.5. The van der Waals surface area contributed by atoms with Crippen LogP contribution in [-0.4, -0.2) is 19.4 Å². The van der Waals surface area contributed by atoms with E-state index in [1.165, 1.54) is 0 Å². The zero-order valence-electron chi connectivity index (χ0n) is 13.0. The minimum atomic E-state index is -0.478. The number of aryl methyl sites for hydroxylation is 1. The van der Waals surface area contributed by atoms with Gasteiger partial charge in [-0.05, 0) is 19.1 Å². The Labute approximate surface area is 133 Å². The molecular formula is C16H16N4O3. The van der Waals surface area contributed by atoms with Crippen molar-refractivity contribution in [1.82, 2.24) is 5.16 Å². The molecule has 7 nitrogen and oxygen atoms in total. The normalized spacial score (nSPS) is 16.3. The molecule has 7 heteroatoms. The third-order valence-corrected chi connectivity index (χ3v) is 3.90. The van der Waals surface area contributed by atoms with Gasteiger partial charge in [0.25, 0.3) is 0 Å². The molecule has 0 aliphatic carbocycles. The van der Waals surface area contributed by atoms with Gasteiger partial charge in [-0.1, -0.05) is 11.2 Å². The number of aromatic nitrogens is 1. The molecule has 0 bridgehead atoms. The lowest BCUT2D eigenvalue weighted by Gasteiger charge is -2.26. The number of hydrogen-bond donors (Lipinski definition) is 2. The van der Waals surface area contributed by atoms with E-state index in [0.717, 1.165) is 5.56 Å². The topological polar surface area (TPSA) is 106 Å². The van der Waals surface area contributed by atoms with E-state index in [1.807, 2.05) is 25.1 Å². The van der Waals surface area contributed by atoms with Crippen LogP contribution in [0.15, 0.2) is 34.1 Å². The fourth-order valence-corrected chi connectivity index (χ4v) is 2.87. The number of nitrogens with one attached hydrogen (secondary N) is 1. The van der Waals surface area contributed by atoms with Crippen molar-refractivity contribution in [1.29, 1.82) is 5.26 Å². The molecule has 118 valence electrons. The number of ether oxygens (including phenoxy) is 2. The third kappa shape index (κ3) is 2.16. The number of methoxy groups -OCH3 is 2. The van der Waals surface area contributed by atoms with E-state index in [0.29, 0.717) is 34.2 Å². The van der Waals surface area contributed by atoms with Crippen LogP contribution in [0.25, 0.3) is 0 Å². The van der Waals surface area contributed by atoms with Crippen molar-refractivity contribution in [2.75, 3.05) is 19.5 Å². The van der Waals surface area contributed by atoms with E-state index in [-0.39, 0.29) is 5.82 Å². The Morgan fingerprint density at radius 3 is 2.48 bits per heavy atom. The number of nitrogens with zero attached hydrogens (tertiary/aromatic N) is 2. The summed E-state index contributed by atoms with van der Waals surface area (Å²) in [6.07, 6.45) is 0. The number of anilines is 1. The van der Waals surface area contributed by atoms with Gasteiger partial charge in [-0.15, -0.1) is 0 Å². The van der Waals surface area contributed by atoms with Crippen LogP contribution in [0.2, 0.25) is 0 Å². The summed E-state index contributed by atoms with van der Waals surface area (Å²) in [5, 5.41) is 16.5. The molecule has 1 aliphatic rings. The maximum absolute atomic E-state index is 9.61. The molecule has 1 atom stereocenters. The van der Waals surface area contributed by atoms with Crippen molar-refractivity contribution in [3.63, 3.8) is 0 Å². The van der Waals surface area contributed by atoms with Gasteiger partial charge in [0.05, 0.1) is 43.0 Å². The van der Waals surface area contributed by atoms with Gasteiger partial charge in [0, 0.05) is 5.56 Å². The van der Waals surface area contributed by atoms with Gasteiger partial charge >= 0.3 is 0 Å². The maximum atomic E-state index is 9.61. The van der Waals surface area contributed by atoms with E-state index >= 15 is 0 Å². The average molecular weight is 312 g/mol. The Bertz CT molecular complexity index is 810. The first kappa shape index (κ1) is 14.8. The number of rotatable bonds is 3. The van der Waals surface area contributed by atoms with E-state index in [4.69, 9.17) is 19.7 Å². The molecule has 23 heavy (non-hydrogen) atoms. The molecule has 1 aromatic carbocycles. The molecular weight excluding hydrogens is 296 g/mol. The second-order valence-corrected chi connectivity index (χ2v) is 5.08. The van der Waals surface area contributed by atoms with Crippen LogP contribution in [0.5, 0.6) is 11.5 Å².